The second kappa shape index (κ2) is 9.13. The molecular weight excluding hydrogens is 204 g/mol. The van der Waals surface area contributed by atoms with Crippen LogP contribution in [0, 0.1) is 0 Å². The van der Waals surface area contributed by atoms with Crippen LogP contribution >= 0.6 is 0 Å². The number of esters is 1. The zero-order valence-corrected chi connectivity index (χ0v) is 10.5. The Bertz CT molecular complexity index is 244. The molecule has 0 radical (unpaired) electrons. The van der Waals surface area contributed by atoms with Gasteiger partial charge in [0, 0.05) is 13.3 Å². The van der Waals surface area contributed by atoms with E-state index in [4.69, 9.17) is 4.74 Å². The first-order valence-electron chi connectivity index (χ1n) is 5.92. The maximum atomic E-state index is 11.1. The van der Waals surface area contributed by atoms with E-state index in [1.807, 2.05) is 19.9 Å². The molecule has 3 nitrogen and oxygen atoms in total. The van der Waals surface area contributed by atoms with Gasteiger partial charge in [0.05, 0.1) is 6.10 Å². The minimum absolute atomic E-state index is 0.0303. The molecule has 0 aromatic heterocycles. The van der Waals surface area contributed by atoms with E-state index < -0.39 is 0 Å². The number of hydrogen-bond acceptors (Lipinski definition) is 3. The average molecular weight is 226 g/mol. The number of carbonyl (C=O) groups excluding carboxylic acids is 2. The molecule has 1 atom stereocenters. The molecule has 1 unspecified atom stereocenters. The smallest absolute Gasteiger partial charge is 0.302 e. The fourth-order valence-corrected chi connectivity index (χ4v) is 1.41. The molecule has 0 amide bonds. The molecule has 0 aliphatic heterocycles. The summed E-state index contributed by atoms with van der Waals surface area (Å²) in [7, 11) is 0. The van der Waals surface area contributed by atoms with Crippen LogP contribution in [-0.4, -0.2) is 17.9 Å². The molecule has 0 bridgehead atoms. The number of unbranched alkanes of at least 4 members (excludes halogenated alkanes) is 1. The molecule has 0 rings (SSSR count). The highest BCUT2D eigenvalue weighted by atomic mass is 16.5. The van der Waals surface area contributed by atoms with Crippen LogP contribution in [0.4, 0.5) is 0 Å². The minimum Gasteiger partial charge on any atom is -0.463 e. The molecule has 0 aromatic carbocycles. The predicted octanol–water partition coefficient (Wildman–Crippen LogP) is 3.03. The molecule has 0 N–H and O–H groups in total. The van der Waals surface area contributed by atoms with E-state index in [1.165, 1.54) is 6.92 Å². The second-order valence-corrected chi connectivity index (χ2v) is 3.97. The summed E-state index contributed by atoms with van der Waals surface area (Å²) in [5, 5.41) is 0. The third-order valence-electron chi connectivity index (χ3n) is 2.15. The van der Waals surface area contributed by atoms with Crippen molar-refractivity contribution in [3.8, 4) is 0 Å². The fraction of sp³-hybridized carbons (Fsp3) is 0.692. The highest BCUT2D eigenvalue weighted by Gasteiger charge is 2.03. The summed E-state index contributed by atoms with van der Waals surface area (Å²) in [6.45, 7) is 5.29. The van der Waals surface area contributed by atoms with Crippen LogP contribution in [0.5, 0.6) is 0 Å². The summed E-state index contributed by atoms with van der Waals surface area (Å²) in [6, 6.07) is 0. The lowest BCUT2D eigenvalue weighted by Gasteiger charge is -2.10. The van der Waals surface area contributed by atoms with Crippen molar-refractivity contribution in [2.45, 2.75) is 59.0 Å². The SMILES string of the molecule is CCCC(=O)C=CCCCC(C)OC(C)=O. The first-order chi connectivity index (χ1) is 7.56. The van der Waals surface area contributed by atoms with Gasteiger partial charge < -0.3 is 4.74 Å². The zero-order chi connectivity index (χ0) is 12.4. The predicted molar refractivity (Wildman–Crippen MR) is 64.1 cm³/mol. The Labute approximate surface area is 97.9 Å². The first-order valence-corrected chi connectivity index (χ1v) is 5.92. The van der Waals surface area contributed by atoms with E-state index in [2.05, 4.69) is 0 Å². The van der Waals surface area contributed by atoms with Crippen molar-refractivity contribution in [1.29, 1.82) is 0 Å². The van der Waals surface area contributed by atoms with Crippen molar-refractivity contribution in [3.63, 3.8) is 0 Å². The molecule has 0 aromatic rings. The van der Waals surface area contributed by atoms with Crippen LogP contribution in [0.1, 0.15) is 52.9 Å². The second-order valence-electron chi connectivity index (χ2n) is 3.97. The third-order valence-corrected chi connectivity index (χ3v) is 2.15. The van der Waals surface area contributed by atoms with E-state index >= 15 is 0 Å². The Morgan fingerprint density at radius 2 is 2.06 bits per heavy atom. The Morgan fingerprint density at radius 1 is 1.38 bits per heavy atom. The number of ether oxygens (including phenoxy) is 1. The first kappa shape index (κ1) is 14.9. The Kier molecular flexibility index (Phi) is 8.49. The molecule has 0 fully saturated rings. The zero-order valence-electron chi connectivity index (χ0n) is 10.5. The maximum Gasteiger partial charge on any atom is 0.302 e. The number of ketones is 1. The van der Waals surface area contributed by atoms with Crippen LogP contribution < -0.4 is 0 Å². The third kappa shape index (κ3) is 9.44. The summed E-state index contributed by atoms with van der Waals surface area (Å²) in [5.41, 5.74) is 0. The van der Waals surface area contributed by atoms with Gasteiger partial charge in [-0.3, -0.25) is 9.59 Å². The number of carbonyl (C=O) groups is 2. The van der Waals surface area contributed by atoms with E-state index in [0.29, 0.717) is 6.42 Å². The van der Waals surface area contributed by atoms with Gasteiger partial charge in [-0.25, -0.2) is 0 Å². The molecule has 16 heavy (non-hydrogen) atoms. The molecular formula is C13H22O3. The summed E-state index contributed by atoms with van der Waals surface area (Å²) >= 11 is 0. The average Bonchev–Trinajstić information content (AvgIpc) is 2.16. The van der Waals surface area contributed by atoms with E-state index in [1.54, 1.807) is 6.08 Å². The summed E-state index contributed by atoms with van der Waals surface area (Å²) in [4.78, 5) is 21.8. The monoisotopic (exact) mass is 226 g/mol. The van der Waals surface area contributed by atoms with Crippen molar-refractivity contribution >= 4 is 11.8 Å². The lowest BCUT2D eigenvalue weighted by atomic mass is 10.1. The van der Waals surface area contributed by atoms with Crippen molar-refractivity contribution in [2.24, 2.45) is 0 Å². The molecule has 0 spiro atoms. The van der Waals surface area contributed by atoms with Gasteiger partial charge in [0.2, 0.25) is 0 Å². The van der Waals surface area contributed by atoms with Gasteiger partial charge in [-0.05, 0) is 38.7 Å². The molecule has 0 saturated heterocycles. The van der Waals surface area contributed by atoms with Crippen LogP contribution in [0.25, 0.3) is 0 Å². The van der Waals surface area contributed by atoms with E-state index in [9.17, 15) is 9.59 Å². The normalized spacial score (nSPS) is 12.7. The summed E-state index contributed by atoms with van der Waals surface area (Å²) < 4.78 is 4.99. The number of rotatable bonds is 8. The van der Waals surface area contributed by atoms with Crippen molar-refractivity contribution in [1.82, 2.24) is 0 Å². The molecule has 0 heterocycles. The van der Waals surface area contributed by atoms with Gasteiger partial charge in [0.25, 0.3) is 0 Å². The lowest BCUT2D eigenvalue weighted by molar-refractivity contribution is -0.145. The van der Waals surface area contributed by atoms with Crippen LogP contribution in [0.2, 0.25) is 0 Å². The Balaban J connectivity index is 3.52. The van der Waals surface area contributed by atoms with Crippen LogP contribution in [-0.2, 0) is 14.3 Å². The largest absolute Gasteiger partial charge is 0.463 e. The lowest BCUT2D eigenvalue weighted by Crippen LogP contribution is -2.11. The standard InChI is InChI=1S/C13H22O3/c1-4-8-13(15)10-7-5-6-9-11(2)16-12(3)14/h7,10-11H,4-6,8-9H2,1-3H3. The molecule has 92 valence electrons. The summed E-state index contributed by atoms with van der Waals surface area (Å²) in [6.07, 6.45) is 7.68. The fourth-order valence-electron chi connectivity index (χ4n) is 1.41. The van der Waals surface area contributed by atoms with Gasteiger partial charge in [0.1, 0.15) is 0 Å². The van der Waals surface area contributed by atoms with Crippen LogP contribution in [0.3, 0.4) is 0 Å². The maximum absolute atomic E-state index is 11.1. The topological polar surface area (TPSA) is 43.4 Å². The quantitative estimate of drug-likeness (QED) is 0.363. The van der Waals surface area contributed by atoms with Crippen molar-refractivity contribution in [2.75, 3.05) is 0 Å². The Hall–Kier alpha value is -1.12. The Morgan fingerprint density at radius 3 is 2.62 bits per heavy atom. The van der Waals surface area contributed by atoms with Crippen molar-refractivity contribution < 1.29 is 14.3 Å². The minimum atomic E-state index is -0.235. The summed E-state index contributed by atoms with van der Waals surface area (Å²) in [5.74, 6) is -0.0447. The van der Waals surface area contributed by atoms with E-state index in [-0.39, 0.29) is 17.9 Å². The number of allylic oxidation sites excluding steroid dienone is 2. The van der Waals surface area contributed by atoms with Gasteiger partial charge in [0.15, 0.2) is 5.78 Å². The molecule has 0 aliphatic carbocycles. The highest BCUT2D eigenvalue weighted by molar-refractivity contribution is 5.89. The van der Waals surface area contributed by atoms with Crippen LogP contribution in [0.15, 0.2) is 12.2 Å². The van der Waals surface area contributed by atoms with Gasteiger partial charge in [-0.15, -0.1) is 0 Å². The van der Waals surface area contributed by atoms with Gasteiger partial charge >= 0.3 is 5.97 Å². The van der Waals surface area contributed by atoms with Gasteiger partial charge in [-0.1, -0.05) is 13.0 Å². The highest BCUT2D eigenvalue weighted by Crippen LogP contribution is 2.05. The van der Waals surface area contributed by atoms with Crippen molar-refractivity contribution in [3.05, 3.63) is 12.2 Å². The molecule has 3 heteroatoms. The molecule has 0 aliphatic rings. The number of hydrogen-bond donors (Lipinski definition) is 0. The van der Waals surface area contributed by atoms with E-state index in [0.717, 1.165) is 25.7 Å². The molecule has 0 saturated carbocycles. The van der Waals surface area contributed by atoms with Gasteiger partial charge in [-0.2, -0.15) is 0 Å².